The third-order valence-corrected chi connectivity index (χ3v) is 4.65. The van der Waals surface area contributed by atoms with Crippen molar-refractivity contribution in [2.75, 3.05) is 13.1 Å². The van der Waals surface area contributed by atoms with Gasteiger partial charge < -0.3 is 5.32 Å². The van der Waals surface area contributed by atoms with Crippen LogP contribution in [0, 0.1) is 0 Å². The zero-order valence-corrected chi connectivity index (χ0v) is 12.5. The van der Waals surface area contributed by atoms with Gasteiger partial charge in [0, 0.05) is 37.1 Å². The van der Waals surface area contributed by atoms with Gasteiger partial charge in [0.25, 0.3) is 0 Å². The van der Waals surface area contributed by atoms with E-state index >= 15 is 0 Å². The van der Waals surface area contributed by atoms with Crippen molar-refractivity contribution in [2.24, 2.45) is 0 Å². The van der Waals surface area contributed by atoms with Gasteiger partial charge in [-0.2, -0.15) is 0 Å². The molecule has 1 fully saturated rings. The Morgan fingerprint density at radius 3 is 2.84 bits per heavy atom. The fourth-order valence-electron chi connectivity index (χ4n) is 2.99. The third-order valence-electron chi connectivity index (χ3n) is 4.65. The molecular formula is C16H27N3. The Hall–Kier alpha value is -0.930. The maximum atomic E-state index is 4.23. The number of hydrogen-bond acceptors (Lipinski definition) is 3. The van der Waals surface area contributed by atoms with Gasteiger partial charge in [0.05, 0.1) is 0 Å². The van der Waals surface area contributed by atoms with Gasteiger partial charge in [-0.1, -0.05) is 19.9 Å². The third kappa shape index (κ3) is 3.54. The second-order valence-electron chi connectivity index (χ2n) is 5.82. The molecule has 2 rings (SSSR count). The van der Waals surface area contributed by atoms with Crippen molar-refractivity contribution < 1.29 is 0 Å². The lowest BCUT2D eigenvalue weighted by Gasteiger charge is -2.37. The molecule has 0 bridgehead atoms. The molecule has 1 atom stereocenters. The first-order valence-corrected chi connectivity index (χ1v) is 7.57. The van der Waals surface area contributed by atoms with Crippen LogP contribution in [0.3, 0.4) is 0 Å². The summed E-state index contributed by atoms with van der Waals surface area (Å²) in [5.74, 6) is 0. The predicted molar refractivity (Wildman–Crippen MR) is 80.0 cm³/mol. The monoisotopic (exact) mass is 261 g/mol. The first-order chi connectivity index (χ1) is 9.19. The van der Waals surface area contributed by atoms with Crippen LogP contribution in [0.15, 0.2) is 24.5 Å². The highest BCUT2D eigenvalue weighted by molar-refractivity contribution is 5.09. The minimum atomic E-state index is 0.285. The smallest absolute Gasteiger partial charge is 0.0312 e. The first-order valence-electron chi connectivity index (χ1n) is 7.57. The van der Waals surface area contributed by atoms with E-state index in [1.807, 2.05) is 18.5 Å². The molecule has 106 valence electrons. The van der Waals surface area contributed by atoms with Crippen molar-refractivity contribution in [3.63, 3.8) is 0 Å². The Morgan fingerprint density at radius 2 is 2.21 bits per heavy atom. The summed E-state index contributed by atoms with van der Waals surface area (Å²) in [5.41, 5.74) is 1.60. The van der Waals surface area contributed by atoms with Gasteiger partial charge in [-0.3, -0.25) is 9.88 Å². The molecule has 1 saturated heterocycles. The van der Waals surface area contributed by atoms with Crippen LogP contribution in [0.25, 0.3) is 0 Å². The molecule has 2 heterocycles. The standard InChI is InChI=1S/C16H27N3/c1-4-16(5-2)13-19(14(3)8-10-18-16)12-15-7-6-9-17-11-15/h6-7,9,11,14,18H,4-5,8,10,12-13H2,1-3H3. The normalized spacial score (nSPS) is 24.1. The van der Waals surface area contributed by atoms with Gasteiger partial charge >= 0.3 is 0 Å². The zero-order chi connectivity index (χ0) is 13.7. The van der Waals surface area contributed by atoms with Crippen LogP contribution in [0.5, 0.6) is 0 Å². The molecule has 0 spiro atoms. The quantitative estimate of drug-likeness (QED) is 0.903. The van der Waals surface area contributed by atoms with E-state index in [0.29, 0.717) is 6.04 Å². The average Bonchev–Trinajstić information content (AvgIpc) is 2.61. The molecule has 1 unspecified atom stereocenters. The first kappa shape index (κ1) is 14.5. The fourth-order valence-corrected chi connectivity index (χ4v) is 2.99. The lowest BCUT2D eigenvalue weighted by atomic mass is 9.92. The molecule has 0 amide bonds. The van der Waals surface area contributed by atoms with Gasteiger partial charge in [0.2, 0.25) is 0 Å². The molecule has 1 aromatic heterocycles. The number of rotatable bonds is 4. The molecule has 1 aromatic rings. The summed E-state index contributed by atoms with van der Waals surface area (Å²) >= 11 is 0. The van der Waals surface area contributed by atoms with Crippen LogP contribution in [0.1, 0.15) is 45.6 Å². The molecule has 19 heavy (non-hydrogen) atoms. The topological polar surface area (TPSA) is 28.2 Å². The van der Waals surface area contributed by atoms with E-state index in [1.54, 1.807) is 0 Å². The fraction of sp³-hybridized carbons (Fsp3) is 0.688. The van der Waals surface area contributed by atoms with Crippen molar-refractivity contribution in [1.82, 2.24) is 15.2 Å². The highest BCUT2D eigenvalue weighted by Gasteiger charge is 2.32. The molecule has 0 saturated carbocycles. The largest absolute Gasteiger partial charge is 0.310 e. The van der Waals surface area contributed by atoms with Crippen LogP contribution in [0.2, 0.25) is 0 Å². The summed E-state index contributed by atoms with van der Waals surface area (Å²) in [5, 5.41) is 3.78. The highest BCUT2D eigenvalue weighted by Crippen LogP contribution is 2.23. The van der Waals surface area contributed by atoms with E-state index in [1.165, 1.54) is 24.8 Å². The Morgan fingerprint density at radius 1 is 1.42 bits per heavy atom. The number of hydrogen-bond donors (Lipinski definition) is 1. The lowest BCUT2D eigenvalue weighted by molar-refractivity contribution is 0.152. The minimum absolute atomic E-state index is 0.285. The maximum absolute atomic E-state index is 4.23. The Labute approximate surface area is 117 Å². The summed E-state index contributed by atoms with van der Waals surface area (Å²) in [7, 11) is 0. The maximum Gasteiger partial charge on any atom is 0.0312 e. The second kappa shape index (κ2) is 6.49. The molecule has 3 heteroatoms. The van der Waals surface area contributed by atoms with Crippen LogP contribution < -0.4 is 5.32 Å². The summed E-state index contributed by atoms with van der Waals surface area (Å²) in [6.07, 6.45) is 7.45. The number of aromatic nitrogens is 1. The summed E-state index contributed by atoms with van der Waals surface area (Å²) in [6.45, 7) is 10.2. The lowest BCUT2D eigenvalue weighted by Crippen LogP contribution is -2.51. The molecule has 3 nitrogen and oxygen atoms in total. The van der Waals surface area contributed by atoms with Crippen LogP contribution in [0.4, 0.5) is 0 Å². The van der Waals surface area contributed by atoms with Crippen molar-refractivity contribution in [2.45, 2.75) is 58.2 Å². The van der Waals surface area contributed by atoms with Crippen LogP contribution >= 0.6 is 0 Å². The highest BCUT2D eigenvalue weighted by atomic mass is 15.2. The number of nitrogens with zero attached hydrogens (tertiary/aromatic N) is 2. The summed E-state index contributed by atoms with van der Waals surface area (Å²) in [6, 6.07) is 4.84. The van der Waals surface area contributed by atoms with Crippen LogP contribution in [-0.2, 0) is 6.54 Å². The molecule has 0 aliphatic carbocycles. The SMILES string of the molecule is CCC1(CC)CN(Cc2cccnc2)C(C)CCN1. The minimum Gasteiger partial charge on any atom is -0.310 e. The van der Waals surface area contributed by atoms with E-state index in [2.05, 4.69) is 42.0 Å². The summed E-state index contributed by atoms with van der Waals surface area (Å²) in [4.78, 5) is 6.85. The van der Waals surface area contributed by atoms with Crippen molar-refractivity contribution >= 4 is 0 Å². The molecule has 1 aliphatic heterocycles. The Bertz CT molecular complexity index is 373. The number of nitrogens with one attached hydrogen (secondary N) is 1. The average molecular weight is 261 g/mol. The van der Waals surface area contributed by atoms with Crippen molar-refractivity contribution in [3.05, 3.63) is 30.1 Å². The van der Waals surface area contributed by atoms with E-state index in [9.17, 15) is 0 Å². The van der Waals surface area contributed by atoms with E-state index in [4.69, 9.17) is 0 Å². The Balaban J connectivity index is 2.12. The van der Waals surface area contributed by atoms with Gasteiger partial charge in [-0.15, -0.1) is 0 Å². The second-order valence-corrected chi connectivity index (χ2v) is 5.82. The van der Waals surface area contributed by atoms with Gasteiger partial charge in [0.1, 0.15) is 0 Å². The van der Waals surface area contributed by atoms with Crippen molar-refractivity contribution in [3.8, 4) is 0 Å². The predicted octanol–water partition coefficient (Wildman–Crippen LogP) is 2.82. The molecule has 1 aliphatic rings. The van der Waals surface area contributed by atoms with Crippen LogP contribution in [-0.4, -0.2) is 34.6 Å². The Kier molecular flexibility index (Phi) is 4.94. The van der Waals surface area contributed by atoms with E-state index < -0.39 is 0 Å². The van der Waals surface area contributed by atoms with Crippen molar-refractivity contribution in [1.29, 1.82) is 0 Å². The molecule has 0 radical (unpaired) electrons. The van der Waals surface area contributed by atoms with Gasteiger partial charge in [-0.05, 0) is 44.4 Å². The van der Waals surface area contributed by atoms with E-state index in [-0.39, 0.29) is 5.54 Å². The molecule has 1 N–H and O–H groups in total. The van der Waals surface area contributed by atoms with Gasteiger partial charge in [-0.25, -0.2) is 0 Å². The molecule has 0 aromatic carbocycles. The molecular weight excluding hydrogens is 234 g/mol. The zero-order valence-electron chi connectivity index (χ0n) is 12.5. The van der Waals surface area contributed by atoms with Gasteiger partial charge in [0.15, 0.2) is 0 Å². The van der Waals surface area contributed by atoms with E-state index in [0.717, 1.165) is 19.6 Å². The summed E-state index contributed by atoms with van der Waals surface area (Å²) < 4.78 is 0. The number of pyridine rings is 1.